The second-order valence-electron chi connectivity index (χ2n) is 4.91. The summed E-state index contributed by atoms with van der Waals surface area (Å²) < 4.78 is 0.104. The van der Waals surface area contributed by atoms with Crippen molar-refractivity contribution in [3.63, 3.8) is 0 Å². The van der Waals surface area contributed by atoms with Crippen LogP contribution >= 0.6 is 23.4 Å². The van der Waals surface area contributed by atoms with Crippen LogP contribution in [0, 0.1) is 6.92 Å². The fourth-order valence-electron chi connectivity index (χ4n) is 1.24. The van der Waals surface area contributed by atoms with Gasteiger partial charge in [0.15, 0.2) is 0 Å². The van der Waals surface area contributed by atoms with Crippen LogP contribution in [0.1, 0.15) is 26.3 Å². The number of carbonyl (C=O) groups is 1. The van der Waals surface area contributed by atoms with Gasteiger partial charge in [-0.05, 0) is 30.7 Å². The molecule has 0 aliphatic rings. The van der Waals surface area contributed by atoms with E-state index < -0.39 is 0 Å². The Morgan fingerprint density at radius 2 is 2.06 bits per heavy atom. The predicted octanol–water partition coefficient (Wildman–Crippen LogP) is 4.12. The normalized spacial score (nSPS) is 11.4. The lowest BCUT2D eigenvalue weighted by Gasteiger charge is -2.17. The molecule has 0 spiro atoms. The highest BCUT2D eigenvalue weighted by Gasteiger charge is 2.13. The lowest BCUT2D eigenvalue weighted by Crippen LogP contribution is -2.19. The number of hydrogen-bond acceptors (Lipinski definition) is 2. The van der Waals surface area contributed by atoms with Crippen molar-refractivity contribution in [2.75, 3.05) is 11.1 Å². The maximum atomic E-state index is 11.7. The zero-order chi connectivity index (χ0) is 13.1. The van der Waals surface area contributed by atoms with Crippen molar-refractivity contribution in [2.45, 2.75) is 32.4 Å². The van der Waals surface area contributed by atoms with E-state index in [9.17, 15) is 4.79 Å². The first kappa shape index (κ1) is 14.4. The van der Waals surface area contributed by atoms with Gasteiger partial charge in [-0.25, -0.2) is 0 Å². The molecule has 0 saturated heterocycles. The third kappa shape index (κ3) is 5.46. The zero-order valence-corrected chi connectivity index (χ0v) is 12.2. The van der Waals surface area contributed by atoms with Crippen LogP contribution in [0.4, 0.5) is 5.69 Å². The van der Waals surface area contributed by atoms with Crippen LogP contribution in [-0.2, 0) is 4.79 Å². The van der Waals surface area contributed by atoms with Crippen molar-refractivity contribution in [1.29, 1.82) is 0 Å². The maximum absolute atomic E-state index is 11.7. The van der Waals surface area contributed by atoms with E-state index in [1.54, 1.807) is 17.8 Å². The highest BCUT2D eigenvalue weighted by molar-refractivity contribution is 8.01. The number of amides is 1. The van der Waals surface area contributed by atoms with E-state index in [1.807, 2.05) is 19.1 Å². The molecule has 1 N–H and O–H groups in total. The molecule has 17 heavy (non-hydrogen) atoms. The van der Waals surface area contributed by atoms with E-state index in [4.69, 9.17) is 11.6 Å². The Kier molecular flexibility index (Phi) is 4.90. The number of carbonyl (C=O) groups excluding carboxylic acids is 1. The van der Waals surface area contributed by atoms with Crippen LogP contribution < -0.4 is 5.32 Å². The Hall–Kier alpha value is -0.670. The molecule has 1 amide bonds. The molecule has 0 aromatic heterocycles. The third-order valence-corrected chi connectivity index (χ3v) is 3.61. The van der Waals surface area contributed by atoms with Crippen molar-refractivity contribution >= 4 is 35.0 Å². The molecule has 0 aliphatic heterocycles. The molecule has 1 aromatic rings. The van der Waals surface area contributed by atoms with Gasteiger partial charge in [0.25, 0.3) is 0 Å². The van der Waals surface area contributed by atoms with Crippen LogP contribution in [0.3, 0.4) is 0 Å². The van der Waals surface area contributed by atoms with Crippen LogP contribution in [0.15, 0.2) is 18.2 Å². The zero-order valence-electron chi connectivity index (χ0n) is 10.6. The van der Waals surface area contributed by atoms with Crippen LogP contribution in [0.25, 0.3) is 0 Å². The van der Waals surface area contributed by atoms with Crippen LogP contribution in [-0.4, -0.2) is 16.4 Å². The molecule has 0 heterocycles. The molecule has 94 valence electrons. The monoisotopic (exact) mass is 271 g/mol. The van der Waals surface area contributed by atoms with Gasteiger partial charge in [0, 0.05) is 15.5 Å². The number of benzene rings is 1. The largest absolute Gasteiger partial charge is 0.325 e. The first-order valence-corrected chi connectivity index (χ1v) is 6.84. The summed E-state index contributed by atoms with van der Waals surface area (Å²) in [6, 6.07) is 5.45. The fourth-order valence-corrected chi connectivity index (χ4v) is 2.10. The van der Waals surface area contributed by atoms with Gasteiger partial charge in [-0.2, -0.15) is 0 Å². The Labute approximate surface area is 112 Å². The number of halogens is 1. The Morgan fingerprint density at radius 1 is 1.41 bits per heavy atom. The lowest BCUT2D eigenvalue weighted by atomic mass is 10.2. The van der Waals surface area contributed by atoms with E-state index in [1.165, 1.54) is 0 Å². The minimum atomic E-state index is 0.0235. The number of anilines is 1. The highest BCUT2D eigenvalue weighted by Crippen LogP contribution is 2.24. The molecule has 0 bridgehead atoms. The van der Waals surface area contributed by atoms with Gasteiger partial charge in [-0.3, -0.25) is 4.79 Å². The van der Waals surface area contributed by atoms with Crippen molar-refractivity contribution in [2.24, 2.45) is 0 Å². The van der Waals surface area contributed by atoms with E-state index in [-0.39, 0.29) is 10.7 Å². The summed E-state index contributed by atoms with van der Waals surface area (Å²) in [7, 11) is 0. The topological polar surface area (TPSA) is 29.1 Å². The molecular formula is C13H18ClNOS. The van der Waals surface area contributed by atoms with Gasteiger partial charge in [0.1, 0.15) is 0 Å². The van der Waals surface area contributed by atoms with Crippen molar-refractivity contribution in [3.8, 4) is 0 Å². The highest BCUT2D eigenvalue weighted by atomic mass is 35.5. The Bertz CT molecular complexity index is 412. The third-order valence-electron chi connectivity index (χ3n) is 2.10. The van der Waals surface area contributed by atoms with Crippen LogP contribution in [0.5, 0.6) is 0 Å². The number of hydrogen-bond donors (Lipinski definition) is 1. The van der Waals surface area contributed by atoms with Gasteiger partial charge in [0.05, 0.1) is 5.75 Å². The van der Waals surface area contributed by atoms with Gasteiger partial charge >= 0.3 is 0 Å². The van der Waals surface area contributed by atoms with Crippen molar-refractivity contribution in [1.82, 2.24) is 0 Å². The molecule has 0 unspecified atom stereocenters. The molecule has 1 aromatic carbocycles. The summed E-state index contributed by atoms with van der Waals surface area (Å²) >= 11 is 7.49. The average molecular weight is 272 g/mol. The standard InChI is InChI=1S/C13H18ClNOS/c1-9-7-10(14)5-6-11(9)15-12(16)8-17-13(2,3)4/h5-7H,8H2,1-4H3,(H,15,16). The number of thioether (sulfide) groups is 1. The van der Waals surface area contributed by atoms with Crippen LogP contribution in [0.2, 0.25) is 5.02 Å². The molecule has 0 radical (unpaired) electrons. The summed E-state index contributed by atoms with van der Waals surface area (Å²) in [6.07, 6.45) is 0. The van der Waals surface area contributed by atoms with E-state index in [0.717, 1.165) is 11.3 Å². The molecular weight excluding hydrogens is 254 g/mol. The SMILES string of the molecule is Cc1cc(Cl)ccc1NC(=O)CSC(C)(C)C. The van der Waals surface area contributed by atoms with Gasteiger partial charge in [0.2, 0.25) is 5.91 Å². The second-order valence-corrected chi connectivity index (χ2v) is 7.15. The molecule has 1 rings (SSSR count). The molecule has 2 nitrogen and oxygen atoms in total. The summed E-state index contributed by atoms with van der Waals surface area (Å²) in [5, 5.41) is 3.58. The van der Waals surface area contributed by atoms with Gasteiger partial charge in [-0.1, -0.05) is 32.4 Å². The van der Waals surface area contributed by atoms with E-state index in [2.05, 4.69) is 26.1 Å². The first-order valence-electron chi connectivity index (χ1n) is 5.48. The van der Waals surface area contributed by atoms with Gasteiger partial charge < -0.3 is 5.32 Å². The van der Waals surface area contributed by atoms with E-state index in [0.29, 0.717) is 10.8 Å². The molecule has 0 saturated carbocycles. The molecule has 0 fully saturated rings. The molecule has 0 aliphatic carbocycles. The van der Waals surface area contributed by atoms with Gasteiger partial charge in [-0.15, -0.1) is 11.8 Å². The minimum absolute atomic E-state index is 0.0235. The summed E-state index contributed by atoms with van der Waals surface area (Å²) in [5.74, 6) is 0.487. The lowest BCUT2D eigenvalue weighted by molar-refractivity contribution is -0.113. The summed E-state index contributed by atoms with van der Waals surface area (Å²) in [4.78, 5) is 11.7. The summed E-state index contributed by atoms with van der Waals surface area (Å²) in [5.41, 5.74) is 1.81. The quantitative estimate of drug-likeness (QED) is 0.896. The smallest absolute Gasteiger partial charge is 0.234 e. The average Bonchev–Trinajstić information content (AvgIpc) is 2.18. The second kappa shape index (κ2) is 5.78. The Balaban J connectivity index is 2.57. The maximum Gasteiger partial charge on any atom is 0.234 e. The van der Waals surface area contributed by atoms with Crippen molar-refractivity contribution in [3.05, 3.63) is 28.8 Å². The first-order chi connectivity index (χ1) is 7.78. The number of rotatable bonds is 3. The number of aryl methyl sites for hydroxylation is 1. The fraction of sp³-hybridized carbons (Fsp3) is 0.462. The summed E-state index contributed by atoms with van der Waals surface area (Å²) in [6.45, 7) is 8.22. The van der Waals surface area contributed by atoms with E-state index >= 15 is 0 Å². The van der Waals surface area contributed by atoms with Crippen molar-refractivity contribution < 1.29 is 4.79 Å². The molecule has 4 heteroatoms. The minimum Gasteiger partial charge on any atom is -0.325 e. The molecule has 0 atom stereocenters. The number of nitrogens with one attached hydrogen (secondary N) is 1. The predicted molar refractivity (Wildman–Crippen MR) is 77.0 cm³/mol. The Morgan fingerprint density at radius 3 is 2.59 bits per heavy atom.